The molecule has 0 aliphatic heterocycles. The Balaban J connectivity index is 1.58. The van der Waals surface area contributed by atoms with Crippen LogP contribution in [-0.4, -0.2) is 29.5 Å². The average molecular weight is 411 g/mol. The molecule has 1 N–H and O–H groups in total. The molecular weight excluding hydrogens is 390 g/mol. The van der Waals surface area contributed by atoms with E-state index in [1.54, 1.807) is 30.5 Å². The van der Waals surface area contributed by atoms with Crippen LogP contribution in [0.3, 0.4) is 0 Å². The molecule has 0 saturated carbocycles. The number of carbonyl (C=O) groups excluding carboxylic acids is 1. The van der Waals surface area contributed by atoms with Crippen molar-refractivity contribution in [3.8, 4) is 23.0 Å². The molecule has 0 aliphatic carbocycles. The van der Waals surface area contributed by atoms with Crippen LogP contribution in [0.15, 0.2) is 53.1 Å². The second-order valence-electron chi connectivity index (χ2n) is 6.73. The largest absolute Gasteiger partial charge is 0.490 e. The third-order valence-electron chi connectivity index (χ3n) is 4.23. The SMILES string of the molecule is COc1cc(OCC(=O)Nc2ccc(-c3ncc(C(C)C)o3)cc2)ccc1[N+](=O)[O-]. The summed E-state index contributed by atoms with van der Waals surface area (Å²) in [6.45, 7) is 3.79. The van der Waals surface area contributed by atoms with Crippen LogP contribution in [0.25, 0.3) is 11.5 Å². The van der Waals surface area contributed by atoms with Crippen LogP contribution >= 0.6 is 0 Å². The van der Waals surface area contributed by atoms with E-state index >= 15 is 0 Å². The summed E-state index contributed by atoms with van der Waals surface area (Å²) in [6, 6.07) is 11.1. The lowest BCUT2D eigenvalue weighted by molar-refractivity contribution is -0.385. The van der Waals surface area contributed by atoms with Crippen LogP contribution in [0.2, 0.25) is 0 Å². The molecule has 0 spiro atoms. The molecule has 0 saturated heterocycles. The van der Waals surface area contributed by atoms with Crippen LogP contribution in [-0.2, 0) is 4.79 Å². The van der Waals surface area contributed by atoms with Crippen molar-refractivity contribution in [1.29, 1.82) is 0 Å². The van der Waals surface area contributed by atoms with Crippen molar-refractivity contribution in [2.45, 2.75) is 19.8 Å². The summed E-state index contributed by atoms with van der Waals surface area (Å²) < 4.78 is 16.1. The second kappa shape index (κ2) is 9.08. The summed E-state index contributed by atoms with van der Waals surface area (Å²) in [6.07, 6.45) is 1.71. The average Bonchev–Trinajstić information content (AvgIpc) is 3.23. The van der Waals surface area contributed by atoms with E-state index < -0.39 is 4.92 Å². The summed E-state index contributed by atoms with van der Waals surface area (Å²) in [7, 11) is 1.32. The number of nitrogens with one attached hydrogen (secondary N) is 1. The molecule has 3 rings (SSSR count). The van der Waals surface area contributed by atoms with Crippen molar-refractivity contribution >= 4 is 17.3 Å². The topological polar surface area (TPSA) is 117 Å². The van der Waals surface area contributed by atoms with Gasteiger partial charge in [-0.1, -0.05) is 13.8 Å². The zero-order valence-electron chi connectivity index (χ0n) is 16.7. The van der Waals surface area contributed by atoms with E-state index in [2.05, 4.69) is 10.3 Å². The molecule has 1 amide bonds. The predicted molar refractivity (Wildman–Crippen MR) is 110 cm³/mol. The number of amides is 1. The van der Waals surface area contributed by atoms with Gasteiger partial charge in [-0.2, -0.15) is 0 Å². The Labute approximate surface area is 172 Å². The summed E-state index contributed by atoms with van der Waals surface area (Å²) in [5, 5.41) is 13.6. The van der Waals surface area contributed by atoms with Crippen molar-refractivity contribution in [1.82, 2.24) is 4.98 Å². The highest BCUT2D eigenvalue weighted by Gasteiger charge is 2.16. The molecule has 156 valence electrons. The molecule has 30 heavy (non-hydrogen) atoms. The fourth-order valence-electron chi connectivity index (χ4n) is 2.63. The first-order valence-electron chi connectivity index (χ1n) is 9.18. The van der Waals surface area contributed by atoms with Gasteiger partial charge in [0.15, 0.2) is 6.61 Å². The maximum Gasteiger partial charge on any atom is 0.311 e. The highest BCUT2D eigenvalue weighted by atomic mass is 16.6. The molecule has 2 aromatic carbocycles. The Kier molecular flexibility index (Phi) is 6.31. The fourth-order valence-corrected chi connectivity index (χ4v) is 2.63. The Bertz CT molecular complexity index is 1040. The minimum atomic E-state index is -0.555. The van der Waals surface area contributed by atoms with Gasteiger partial charge in [-0.05, 0) is 30.3 Å². The Morgan fingerprint density at radius 3 is 2.57 bits per heavy atom. The number of methoxy groups -OCH3 is 1. The quantitative estimate of drug-likeness (QED) is 0.431. The van der Waals surface area contributed by atoms with Crippen LogP contribution < -0.4 is 14.8 Å². The van der Waals surface area contributed by atoms with Crippen molar-refractivity contribution in [2.24, 2.45) is 0 Å². The van der Waals surface area contributed by atoms with Gasteiger partial charge in [-0.3, -0.25) is 14.9 Å². The lowest BCUT2D eigenvalue weighted by Gasteiger charge is -2.09. The molecule has 0 unspecified atom stereocenters. The molecule has 3 aromatic rings. The van der Waals surface area contributed by atoms with Crippen molar-refractivity contribution in [3.63, 3.8) is 0 Å². The van der Waals surface area contributed by atoms with Gasteiger partial charge in [-0.25, -0.2) is 4.98 Å². The number of rotatable bonds is 8. The van der Waals surface area contributed by atoms with Gasteiger partial charge in [-0.15, -0.1) is 0 Å². The Hall–Kier alpha value is -3.88. The van der Waals surface area contributed by atoms with E-state index in [4.69, 9.17) is 13.9 Å². The van der Waals surface area contributed by atoms with E-state index in [9.17, 15) is 14.9 Å². The van der Waals surface area contributed by atoms with Gasteiger partial charge in [0.25, 0.3) is 5.91 Å². The molecule has 1 heterocycles. The minimum absolute atomic E-state index is 0.0562. The van der Waals surface area contributed by atoms with Gasteiger partial charge < -0.3 is 19.2 Å². The molecular formula is C21H21N3O6. The number of hydrogen-bond donors (Lipinski definition) is 1. The third kappa shape index (κ3) is 4.93. The summed E-state index contributed by atoms with van der Waals surface area (Å²) in [5.74, 6) is 1.54. The van der Waals surface area contributed by atoms with Crippen molar-refractivity contribution in [3.05, 3.63) is 64.5 Å². The minimum Gasteiger partial charge on any atom is -0.490 e. The smallest absolute Gasteiger partial charge is 0.311 e. The van der Waals surface area contributed by atoms with Crippen LogP contribution in [0.4, 0.5) is 11.4 Å². The molecule has 9 heteroatoms. The van der Waals surface area contributed by atoms with Gasteiger partial charge in [0.2, 0.25) is 11.6 Å². The monoisotopic (exact) mass is 411 g/mol. The first kappa shape index (κ1) is 20.8. The lowest BCUT2D eigenvalue weighted by Crippen LogP contribution is -2.20. The summed E-state index contributed by atoms with van der Waals surface area (Å²) >= 11 is 0. The standard InChI is InChI=1S/C21H21N3O6/c1-13(2)19-11-22-21(30-19)14-4-6-15(7-5-14)23-20(25)12-29-16-8-9-17(24(26)27)18(10-16)28-3/h4-11,13H,12H2,1-3H3,(H,23,25). The molecule has 1 aromatic heterocycles. The first-order chi connectivity index (χ1) is 14.4. The van der Waals surface area contributed by atoms with Crippen LogP contribution in [0.1, 0.15) is 25.5 Å². The summed E-state index contributed by atoms with van der Waals surface area (Å²) in [5.41, 5.74) is 1.21. The number of anilines is 1. The van der Waals surface area contributed by atoms with Crippen LogP contribution in [0, 0.1) is 10.1 Å². The summed E-state index contributed by atoms with van der Waals surface area (Å²) in [4.78, 5) is 26.8. The number of benzene rings is 2. The third-order valence-corrected chi connectivity index (χ3v) is 4.23. The molecule has 0 radical (unpaired) electrons. The number of aromatic nitrogens is 1. The maximum atomic E-state index is 12.1. The number of carbonyl (C=O) groups is 1. The highest BCUT2D eigenvalue weighted by molar-refractivity contribution is 5.92. The van der Waals surface area contributed by atoms with Crippen molar-refractivity contribution in [2.75, 3.05) is 19.0 Å². The van der Waals surface area contributed by atoms with E-state index in [0.29, 0.717) is 11.6 Å². The molecule has 0 bridgehead atoms. The molecule has 0 atom stereocenters. The zero-order chi connectivity index (χ0) is 21.7. The number of ether oxygens (including phenoxy) is 2. The number of hydrogen-bond acceptors (Lipinski definition) is 7. The van der Waals surface area contributed by atoms with Gasteiger partial charge in [0.05, 0.1) is 18.2 Å². The zero-order valence-corrected chi connectivity index (χ0v) is 16.7. The molecule has 0 aliphatic rings. The number of nitrogens with zero attached hydrogens (tertiary/aromatic N) is 2. The lowest BCUT2D eigenvalue weighted by atomic mass is 10.2. The van der Waals surface area contributed by atoms with E-state index in [0.717, 1.165) is 11.3 Å². The fraction of sp³-hybridized carbons (Fsp3) is 0.238. The Morgan fingerprint density at radius 2 is 1.97 bits per heavy atom. The number of nitro groups is 1. The highest BCUT2D eigenvalue weighted by Crippen LogP contribution is 2.30. The first-order valence-corrected chi connectivity index (χ1v) is 9.18. The van der Waals surface area contributed by atoms with Crippen molar-refractivity contribution < 1.29 is 23.6 Å². The van der Waals surface area contributed by atoms with Gasteiger partial charge >= 0.3 is 5.69 Å². The van der Waals surface area contributed by atoms with Gasteiger partial charge in [0, 0.05) is 29.3 Å². The molecule has 9 nitrogen and oxygen atoms in total. The normalized spacial score (nSPS) is 10.7. The Morgan fingerprint density at radius 1 is 1.23 bits per heavy atom. The van der Waals surface area contributed by atoms with E-state index in [-0.39, 0.29) is 35.6 Å². The molecule has 0 fully saturated rings. The number of oxazole rings is 1. The van der Waals surface area contributed by atoms with E-state index in [1.807, 2.05) is 13.8 Å². The maximum absolute atomic E-state index is 12.1. The van der Waals surface area contributed by atoms with Gasteiger partial charge in [0.1, 0.15) is 11.5 Å². The predicted octanol–water partition coefficient (Wildman–Crippen LogP) is 4.40. The van der Waals surface area contributed by atoms with E-state index in [1.165, 1.54) is 25.3 Å². The number of nitro benzene ring substituents is 1. The second-order valence-corrected chi connectivity index (χ2v) is 6.73. The van der Waals surface area contributed by atoms with Crippen LogP contribution in [0.5, 0.6) is 11.5 Å².